The molecule has 0 atom stereocenters. The third kappa shape index (κ3) is 3.88. The van der Waals surface area contributed by atoms with Crippen molar-refractivity contribution in [1.29, 1.82) is 0 Å². The first-order chi connectivity index (χ1) is 15.6. The van der Waals surface area contributed by atoms with Crippen molar-refractivity contribution in [1.82, 2.24) is 9.55 Å². The summed E-state index contributed by atoms with van der Waals surface area (Å²) in [6, 6.07) is 17.6. The lowest BCUT2D eigenvalue weighted by atomic mass is 10.1. The monoisotopic (exact) mass is 493 g/mol. The maximum Gasteiger partial charge on any atom is 0.292 e. The zero-order chi connectivity index (χ0) is 22.1. The fourth-order valence-corrected chi connectivity index (χ4v) is 4.75. The number of imidazole rings is 1. The summed E-state index contributed by atoms with van der Waals surface area (Å²) in [7, 11) is 0. The summed E-state index contributed by atoms with van der Waals surface area (Å²) in [5.74, 6) is 0.901. The van der Waals surface area contributed by atoms with Crippen molar-refractivity contribution >= 4 is 27.7 Å². The number of hydrogen-bond donors (Lipinski definition) is 1. The highest BCUT2D eigenvalue weighted by Gasteiger charge is 2.29. The van der Waals surface area contributed by atoms with Crippen LogP contribution in [0.1, 0.15) is 42.3 Å². The Morgan fingerprint density at radius 3 is 2.50 bits per heavy atom. The summed E-state index contributed by atoms with van der Waals surface area (Å²) in [6.07, 6.45) is 5.71. The van der Waals surface area contributed by atoms with E-state index in [1.807, 2.05) is 24.3 Å². The smallest absolute Gasteiger partial charge is 0.292 e. The van der Waals surface area contributed by atoms with Crippen LogP contribution in [-0.2, 0) is 0 Å². The molecule has 0 aliphatic heterocycles. The fourth-order valence-electron chi connectivity index (χ4n) is 4.29. The average Bonchev–Trinajstić information content (AvgIpc) is 3.56. The van der Waals surface area contributed by atoms with Gasteiger partial charge in [0.2, 0.25) is 0 Å². The number of furan rings is 1. The Morgan fingerprint density at radius 2 is 1.81 bits per heavy atom. The average molecular weight is 494 g/mol. The van der Waals surface area contributed by atoms with E-state index >= 15 is 0 Å². The van der Waals surface area contributed by atoms with Crippen molar-refractivity contribution < 1.29 is 13.6 Å². The number of benzene rings is 2. The van der Waals surface area contributed by atoms with Crippen molar-refractivity contribution in [2.24, 2.45) is 0 Å². The number of anilines is 1. The summed E-state index contributed by atoms with van der Waals surface area (Å²) in [4.78, 5) is 18.0. The van der Waals surface area contributed by atoms with Crippen LogP contribution in [0.3, 0.4) is 0 Å². The molecule has 0 radical (unpaired) electrons. The Labute approximate surface area is 193 Å². The number of nitrogens with zero attached hydrogens (tertiary/aromatic N) is 2. The standard InChI is InChI=1S/C25H21BrFN3O2/c26-20-9-4-3-8-19(20)23-28-22(16-11-13-17(27)14-12-16)24(30(23)18-6-1-2-7-18)29-25(31)21-10-5-15-32-21/h3-5,8-15,18H,1-2,6-7H2,(H,29,31). The lowest BCUT2D eigenvalue weighted by molar-refractivity contribution is 0.0995. The van der Waals surface area contributed by atoms with Gasteiger partial charge in [-0.25, -0.2) is 9.37 Å². The summed E-state index contributed by atoms with van der Waals surface area (Å²) in [5.41, 5.74) is 2.26. The van der Waals surface area contributed by atoms with Gasteiger partial charge in [0.1, 0.15) is 23.2 Å². The predicted molar refractivity (Wildman–Crippen MR) is 125 cm³/mol. The van der Waals surface area contributed by atoms with Crippen LogP contribution in [0.15, 0.2) is 75.8 Å². The summed E-state index contributed by atoms with van der Waals surface area (Å²) < 4.78 is 22.0. The van der Waals surface area contributed by atoms with Gasteiger partial charge in [-0.15, -0.1) is 0 Å². The van der Waals surface area contributed by atoms with Crippen LogP contribution >= 0.6 is 15.9 Å². The molecule has 0 unspecified atom stereocenters. The minimum atomic E-state index is -0.351. The normalized spacial score (nSPS) is 14.1. The second-order valence-electron chi connectivity index (χ2n) is 7.86. The zero-order valence-electron chi connectivity index (χ0n) is 17.2. The molecule has 1 aliphatic rings. The van der Waals surface area contributed by atoms with Gasteiger partial charge in [-0.1, -0.05) is 47.0 Å². The number of carbonyl (C=O) groups is 1. The largest absolute Gasteiger partial charge is 0.459 e. The van der Waals surface area contributed by atoms with Crippen LogP contribution in [-0.4, -0.2) is 15.5 Å². The highest BCUT2D eigenvalue weighted by molar-refractivity contribution is 9.10. The highest BCUT2D eigenvalue weighted by atomic mass is 79.9. The fraction of sp³-hybridized carbons (Fsp3) is 0.200. The Kier molecular flexibility index (Phi) is 5.66. The molecule has 1 saturated carbocycles. The second-order valence-corrected chi connectivity index (χ2v) is 8.71. The molecule has 5 rings (SSSR count). The Bertz CT molecular complexity index is 1240. The first-order valence-electron chi connectivity index (χ1n) is 10.6. The van der Waals surface area contributed by atoms with E-state index in [2.05, 4.69) is 25.8 Å². The van der Waals surface area contributed by atoms with Gasteiger partial charge in [0, 0.05) is 21.6 Å². The predicted octanol–water partition coefficient (Wildman–Crippen LogP) is 7.08. The minimum Gasteiger partial charge on any atom is -0.459 e. The first kappa shape index (κ1) is 20.7. The van der Waals surface area contributed by atoms with Crippen LogP contribution in [0, 0.1) is 5.82 Å². The minimum absolute atomic E-state index is 0.200. The van der Waals surface area contributed by atoms with Crippen LogP contribution in [0.5, 0.6) is 0 Å². The Hall–Kier alpha value is -3.19. The molecule has 1 aliphatic carbocycles. The van der Waals surface area contributed by atoms with Gasteiger partial charge in [-0.05, 0) is 55.3 Å². The molecule has 1 N–H and O–H groups in total. The second kappa shape index (κ2) is 8.74. The lowest BCUT2D eigenvalue weighted by Crippen LogP contribution is -2.17. The number of halogens is 2. The van der Waals surface area contributed by atoms with Crippen molar-refractivity contribution in [2.45, 2.75) is 31.7 Å². The third-order valence-electron chi connectivity index (χ3n) is 5.81. The van der Waals surface area contributed by atoms with Crippen LogP contribution in [0.2, 0.25) is 0 Å². The molecule has 4 aromatic rings. The Balaban J connectivity index is 1.73. The van der Waals surface area contributed by atoms with E-state index < -0.39 is 0 Å². The molecule has 162 valence electrons. The molecule has 0 spiro atoms. The van der Waals surface area contributed by atoms with Gasteiger partial charge in [-0.2, -0.15) is 0 Å². The van der Waals surface area contributed by atoms with Gasteiger partial charge in [0.05, 0.1) is 6.26 Å². The van der Waals surface area contributed by atoms with Gasteiger partial charge in [-0.3, -0.25) is 4.79 Å². The van der Waals surface area contributed by atoms with E-state index in [0.29, 0.717) is 11.5 Å². The van der Waals surface area contributed by atoms with E-state index in [1.165, 1.54) is 18.4 Å². The molecule has 0 saturated heterocycles. The SMILES string of the molecule is O=C(Nc1c(-c2ccc(F)cc2)nc(-c2ccccc2Br)n1C1CCCC1)c1ccco1. The molecule has 32 heavy (non-hydrogen) atoms. The molecule has 2 heterocycles. The topological polar surface area (TPSA) is 60.1 Å². The van der Waals surface area contributed by atoms with E-state index in [-0.39, 0.29) is 23.5 Å². The van der Waals surface area contributed by atoms with Gasteiger partial charge in [0.15, 0.2) is 5.76 Å². The molecule has 0 bridgehead atoms. The van der Waals surface area contributed by atoms with Crippen molar-refractivity contribution in [3.05, 3.63) is 83.0 Å². The molecule has 5 nitrogen and oxygen atoms in total. The zero-order valence-corrected chi connectivity index (χ0v) is 18.8. The molecule has 1 amide bonds. The third-order valence-corrected chi connectivity index (χ3v) is 6.50. The number of carbonyl (C=O) groups excluding carboxylic acids is 1. The maximum atomic E-state index is 13.6. The maximum absolute atomic E-state index is 13.6. The summed E-state index contributed by atoms with van der Waals surface area (Å²) in [6.45, 7) is 0. The molecule has 2 aromatic carbocycles. The van der Waals surface area contributed by atoms with E-state index in [1.54, 1.807) is 24.3 Å². The number of amides is 1. The number of nitrogens with one attached hydrogen (secondary N) is 1. The highest BCUT2D eigenvalue weighted by Crippen LogP contribution is 2.42. The molecular weight excluding hydrogens is 473 g/mol. The van der Waals surface area contributed by atoms with Crippen LogP contribution < -0.4 is 5.32 Å². The van der Waals surface area contributed by atoms with Crippen molar-refractivity contribution in [3.8, 4) is 22.6 Å². The molecule has 7 heteroatoms. The first-order valence-corrected chi connectivity index (χ1v) is 11.4. The molecular formula is C25H21BrFN3O2. The van der Waals surface area contributed by atoms with Crippen molar-refractivity contribution in [3.63, 3.8) is 0 Å². The number of rotatable bonds is 5. The summed E-state index contributed by atoms with van der Waals surface area (Å²) in [5, 5.41) is 3.04. The van der Waals surface area contributed by atoms with Crippen LogP contribution in [0.25, 0.3) is 22.6 Å². The van der Waals surface area contributed by atoms with Gasteiger partial charge in [0.25, 0.3) is 5.91 Å². The molecule has 1 fully saturated rings. The van der Waals surface area contributed by atoms with E-state index in [9.17, 15) is 9.18 Å². The van der Waals surface area contributed by atoms with Gasteiger partial charge < -0.3 is 14.3 Å². The van der Waals surface area contributed by atoms with Crippen LogP contribution in [0.4, 0.5) is 10.2 Å². The molecule has 2 aromatic heterocycles. The quantitative estimate of drug-likeness (QED) is 0.323. The van der Waals surface area contributed by atoms with E-state index in [4.69, 9.17) is 9.40 Å². The number of hydrogen-bond acceptors (Lipinski definition) is 3. The van der Waals surface area contributed by atoms with Gasteiger partial charge >= 0.3 is 0 Å². The number of aromatic nitrogens is 2. The Morgan fingerprint density at radius 1 is 1.06 bits per heavy atom. The van der Waals surface area contributed by atoms with Crippen molar-refractivity contribution in [2.75, 3.05) is 5.32 Å². The lowest BCUT2D eigenvalue weighted by Gasteiger charge is -2.20. The summed E-state index contributed by atoms with van der Waals surface area (Å²) >= 11 is 3.65. The van der Waals surface area contributed by atoms with E-state index in [0.717, 1.165) is 47.1 Å².